The van der Waals surface area contributed by atoms with Gasteiger partial charge in [0, 0.05) is 6.20 Å². The van der Waals surface area contributed by atoms with Gasteiger partial charge in [0.25, 0.3) is 5.89 Å². The van der Waals surface area contributed by atoms with Crippen LogP contribution < -0.4 is 0 Å². The summed E-state index contributed by atoms with van der Waals surface area (Å²) in [6.45, 7) is 0. The van der Waals surface area contributed by atoms with Gasteiger partial charge < -0.3 is 4.52 Å². The Labute approximate surface area is 143 Å². The lowest BCUT2D eigenvalue weighted by Crippen LogP contribution is -2.14. The average molecular weight is 359 g/mol. The van der Waals surface area contributed by atoms with Gasteiger partial charge in [-0.05, 0) is 18.2 Å². The molecule has 3 heterocycles. The molecule has 0 atom stereocenters. The Morgan fingerprint density at radius 2 is 1.85 bits per heavy atom. The van der Waals surface area contributed by atoms with Crippen LogP contribution in [-0.4, -0.2) is 35.1 Å². The first kappa shape index (κ1) is 15.9. The maximum absolute atomic E-state index is 13.6. The fraction of sp³-hybridized carbons (Fsp3) is 0.0667. The number of rotatable bonds is 3. The lowest BCUT2D eigenvalue weighted by molar-refractivity contribution is -0.142. The largest absolute Gasteiger partial charge is 0.435 e. The molecule has 0 N–H and O–H groups in total. The summed E-state index contributed by atoms with van der Waals surface area (Å²) in [7, 11) is 0. The molecule has 0 aliphatic heterocycles. The molecule has 4 aromatic rings. The van der Waals surface area contributed by atoms with Gasteiger partial charge in [-0.1, -0.05) is 28.6 Å². The molecule has 0 amide bonds. The third-order valence-corrected chi connectivity index (χ3v) is 3.38. The summed E-state index contributed by atoms with van der Waals surface area (Å²) in [5.41, 5.74) is -1.16. The summed E-state index contributed by atoms with van der Waals surface area (Å²) in [4.78, 5) is 11.6. The van der Waals surface area contributed by atoms with Crippen molar-refractivity contribution in [2.45, 2.75) is 6.18 Å². The molecule has 0 fully saturated rings. The van der Waals surface area contributed by atoms with Crippen LogP contribution in [0.1, 0.15) is 5.69 Å². The normalized spacial score (nSPS) is 11.7. The van der Waals surface area contributed by atoms with E-state index in [4.69, 9.17) is 4.52 Å². The number of alkyl halides is 3. The predicted octanol–water partition coefficient (Wildman–Crippen LogP) is 2.79. The quantitative estimate of drug-likeness (QED) is 0.555. The Bertz CT molecular complexity index is 1030. The molecule has 0 aliphatic carbocycles. The van der Waals surface area contributed by atoms with E-state index in [0.717, 1.165) is 0 Å². The van der Waals surface area contributed by atoms with Crippen LogP contribution in [0, 0.1) is 0 Å². The Balaban J connectivity index is 1.83. The minimum absolute atomic E-state index is 0.0183. The Morgan fingerprint density at radius 1 is 1.04 bits per heavy atom. The number of benzene rings is 1. The summed E-state index contributed by atoms with van der Waals surface area (Å²) in [6.07, 6.45) is -2.03. The van der Waals surface area contributed by atoms with Crippen molar-refractivity contribution >= 4 is 0 Å². The van der Waals surface area contributed by atoms with Crippen molar-refractivity contribution in [2.75, 3.05) is 0 Å². The van der Waals surface area contributed by atoms with Crippen LogP contribution in [-0.2, 0) is 6.18 Å². The van der Waals surface area contributed by atoms with Crippen LogP contribution in [0.2, 0.25) is 0 Å². The minimum Gasteiger partial charge on any atom is -0.332 e. The average Bonchev–Trinajstić information content (AvgIpc) is 3.30. The van der Waals surface area contributed by atoms with E-state index >= 15 is 0 Å². The van der Waals surface area contributed by atoms with Crippen molar-refractivity contribution < 1.29 is 17.7 Å². The molecule has 130 valence electrons. The van der Waals surface area contributed by atoms with Crippen LogP contribution in [0.4, 0.5) is 13.2 Å². The second kappa shape index (κ2) is 6.02. The first-order chi connectivity index (χ1) is 12.5. The zero-order valence-electron chi connectivity index (χ0n) is 12.8. The van der Waals surface area contributed by atoms with Crippen LogP contribution >= 0.6 is 0 Å². The molecular weight excluding hydrogens is 351 g/mol. The van der Waals surface area contributed by atoms with E-state index in [2.05, 4.69) is 30.4 Å². The summed E-state index contributed by atoms with van der Waals surface area (Å²) < 4.78 is 46.5. The van der Waals surface area contributed by atoms with E-state index in [1.54, 1.807) is 18.2 Å². The van der Waals surface area contributed by atoms with Crippen molar-refractivity contribution in [1.29, 1.82) is 0 Å². The molecule has 8 nitrogen and oxygen atoms in total. The second-order valence-corrected chi connectivity index (χ2v) is 5.05. The zero-order chi connectivity index (χ0) is 18.1. The molecule has 0 saturated carbocycles. The maximum Gasteiger partial charge on any atom is 0.435 e. The molecule has 11 heteroatoms. The van der Waals surface area contributed by atoms with Gasteiger partial charge in [0.1, 0.15) is 12.0 Å². The lowest BCUT2D eigenvalue weighted by Gasteiger charge is -2.09. The summed E-state index contributed by atoms with van der Waals surface area (Å²) in [6, 6.07) is 9.33. The molecule has 4 rings (SSSR count). The summed E-state index contributed by atoms with van der Waals surface area (Å²) in [5.74, 6) is -0.391. The van der Waals surface area contributed by atoms with Crippen molar-refractivity contribution in [3.05, 3.63) is 54.6 Å². The smallest absolute Gasteiger partial charge is 0.332 e. The minimum atomic E-state index is -4.74. The van der Waals surface area contributed by atoms with E-state index < -0.39 is 23.5 Å². The highest BCUT2D eigenvalue weighted by Crippen LogP contribution is 2.36. The molecule has 0 bridgehead atoms. The SMILES string of the molecule is FC(F)(F)c1c(-c2nc(-c3ccncn3)no2)nnn1-c1ccccc1. The highest BCUT2D eigenvalue weighted by atomic mass is 19.4. The first-order valence-corrected chi connectivity index (χ1v) is 7.23. The van der Waals surface area contributed by atoms with Gasteiger partial charge in [-0.2, -0.15) is 18.2 Å². The molecule has 0 aliphatic rings. The van der Waals surface area contributed by atoms with Gasteiger partial charge in [-0.15, -0.1) is 5.10 Å². The van der Waals surface area contributed by atoms with Crippen molar-refractivity contribution in [3.8, 4) is 28.8 Å². The summed E-state index contributed by atoms with van der Waals surface area (Å²) in [5, 5.41) is 10.9. The standard InChI is InChI=1S/C15H8F3N7O/c16-15(17,18)12-11(22-24-25(12)9-4-2-1-3-5-9)14-21-13(23-26-14)10-6-7-19-8-20-10/h1-8H. The van der Waals surface area contributed by atoms with Crippen LogP contribution in [0.15, 0.2) is 53.4 Å². The van der Waals surface area contributed by atoms with Gasteiger partial charge in [0.05, 0.1) is 5.69 Å². The van der Waals surface area contributed by atoms with Crippen LogP contribution in [0.25, 0.3) is 28.8 Å². The highest BCUT2D eigenvalue weighted by molar-refractivity contribution is 5.57. The number of halogens is 3. The van der Waals surface area contributed by atoms with Crippen molar-refractivity contribution in [1.82, 2.24) is 35.1 Å². The van der Waals surface area contributed by atoms with E-state index in [0.29, 0.717) is 10.4 Å². The van der Waals surface area contributed by atoms with Gasteiger partial charge in [0.2, 0.25) is 5.82 Å². The number of aromatic nitrogens is 7. The van der Waals surface area contributed by atoms with E-state index in [9.17, 15) is 13.2 Å². The fourth-order valence-electron chi connectivity index (χ4n) is 2.28. The van der Waals surface area contributed by atoms with Gasteiger partial charge in [-0.25, -0.2) is 14.6 Å². The van der Waals surface area contributed by atoms with Crippen LogP contribution in [0.5, 0.6) is 0 Å². The Hall–Kier alpha value is -3.63. The Kier molecular flexibility index (Phi) is 3.68. The number of nitrogens with zero attached hydrogens (tertiary/aromatic N) is 7. The molecule has 0 radical (unpaired) electrons. The molecule has 0 unspecified atom stereocenters. The van der Waals surface area contributed by atoms with E-state index in [1.807, 2.05) is 0 Å². The van der Waals surface area contributed by atoms with Crippen molar-refractivity contribution in [2.24, 2.45) is 0 Å². The molecule has 0 spiro atoms. The second-order valence-electron chi connectivity index (χ2n) is 5.05. The van der Waals surface area contributed by atoms with E-state index in [-0.39, 0.29) is 11.5 Å². The maximum atomic E-state index is 13.6. The zero-order valence-corrected chi connectivity index (χ0v) is 12.8. The Morgan fingerprint density at radius 3 is 2.54 bits per heavy atom. The third-order valence-electron chi connectivity index (χ3n) is 3.38. The molecule has 1 aromatic carbocycles. The number of hydrogen-bond donors (Lipinski definition) is 0. The lowest BCUT2D eigenvalue weighted by atomic mass is 10.2. The number of para-hydroxylation sites is 1. The molecule has 26 heavy (non-hydrogen) atoms. The van der Waals surface area contributed by atoms with Gasteiger partial charge in [-0.3, -0.25) is 0 Å². The first-order valence-electron chi connectivity index (χ1n) is 7.23. The monoisotopic (exact) mass is 359 g/mol. The van der Waals surface area contributed by atoms with Crippen molar-refractivity contribution in [3.63, 3.8) is 0 Å². The topological polar surface area (TPSA) is 95.4 Å². The van der Waals surface area contributed by atoms with Gasteiger partial charge >= 0.3 is 6.18 Å². The number of hydrogen-bond acceptors (Lipinski definition) is 7. The summed E-state index contributed by atoms with van der Waals surface area (Å²) >= 11 is 0. The fourth-order valence-corrected chi connectivity index (χ4v) is 2.28. The predicted molar refractivity (Wildman–Crippen MR) is 80.7 cm³/mol. The molecular formula is C15H8F3N7O. The molecule has 3 aromatic heterocycles. The highest BCUT2D eigenvalue weighted by Gasteiger charge is 2.42. The third kappa shape index (κ3) is 2.79. The van der Waals surface area contributed by atoms with Gasteiger partial charge in [0.15, 0.2) is 11.4 Å². The van der Waals surface area contributed by atoms with E-state index in [1.165, 1.54) is 30.7 Å². The van der Waals surface area contributed by atoms with Crippen LogP contribution in [0.3, 0.4) is 0 Å². The molecule has 0 saturated heterocycles.